The van der Waals surface area contributed by atoms with Crippen molar-refractivity contribution in [1.82, 2.24) is 34.9 Å². The van der Waals surface area contributed by atoms with Gasteiger partial charge >= 0.3 is 0 Å². The van der Waals surface area contributed by atoms with Crippen molar-refractivity contribution in [1.29, 1.82) is 0 Å². The lowest BCUT2D eigenvalue weighted by molar-refractivity contribution is -0.132. The number of aromatic nitrogens is 4. The van der Waals surface area contributed by atoms with Crippen LogP contribution in [-0.2, 0) is 10.3 Å². The van der Waals surface area contributed by atoms with Crippen LogP contribution in [0, 0.1) is 5.92 Å². The van der Waals surface area contributed by atoms with Gasteiger partial charge < -0.3 is 9.80 Å². The van der Waals surface area contributed by atoms with Crippen LogP contribution in [0.1, 0.15) is 70.2 Å². The fraction of sp³-hybridized carbons (Fsp3) is 0.905. The zero-order valence-corrected chi connectivity index (χ0v) is 18.4. The minimum atomic E-state index is -0.284. The number of likely N-dealkylation sites (tertiary alicyclic amines) is 2. The van der Waals surface area contributed by atoms with Crippen molar-refractivity contribution in [2.75, 3.05) is 46.8 Å². The number of rotatable bonds is 6. The molecule has 3 fully saturated rings. The molecule has 1 aromatic rings. The van der Waals surface area contributed by atoms with Gasteiger partial charge in [-0.1, -0.05) is 19.8 Å². The molecule has 0 spiro atoms. The van der Waals surface area contributed by atoms with Crippen molar-refractivity contribution in [3.05, 3.63) is 5.82 Å². The second kappa shape index (κ2) is 8.68. The summed E-state index contributed by atoms with van der Waals surface area (Å²) in [7, 11) is 4.20. The lowest BCUT2D eigenvalue weighted by Crippen LogP contribution is -2.47. The van der Waals surface area contributed by atoms with Crippen LogP contribution >= 0.6 is 0 Å². The highest BCUT2D eigenvalue weighted by Gasteiger charge is 2.48. The van der Waals surface area contributed by atoms with E-state index in [-0.39, 0.29) is 5.54 Å². The Morgan fingerprint density at radius 3 is 2.52 bits per heavy atom. The Labute approximate surface area is 174 Å². The first-order valence-corrected chi connectivity index (χ1v) is 11.5. The van der Waals surface area contributed by atoms with E-state index < -0.39 is 0 Å². The molecular formula is C21H37N7O. The number of carbonyl (C=O) groups excluding carboxylic acids is 1. The number of carbonyl (C=O) groups is 1. The largest absolute Gasteiger partial charge is 0.340 e. The number of nitrogens with zero attached hydrogens (tertiary/aromatic N) is 7. The molecule has 0 bridgehead atoms. The van der Waals surface area contributed by atoms with E-state index in [1.807, 2.05) is 0 Å². The summed E-state index contributed by atoms with van der Waals surface area (Å²) in [6, 6.07) is 0.408. The summed E-state index contributed by atoms with van der Waals surface area (Å²) < 4.78 is 2.07. The fourth-order valence-electron chi connectivity index (χ4n) is 5.53. The number of likely N-dealkylation sites (N-methyl/N-ethyl adjacent to an activating group) is 1. The molecule has 4 rings (SSSR count). The summed E-state index contributed by atoms with van der Waals surface area (Å²) in [6.45, 7) is 7.09. The Morgan fingerprint density at radius 1 is 1.14 bits per heavy atom. The van der Waals surface area contributed by atoms with Crippen LogP contribution in [0.5, 0.6) is 0 Å². The van der Waals surface area contributed by atoms with E-state index in [0.29, 0.717) is 30.8 Å². The second-order valence-electron chi connectivity index (χ2n) is 9.46. The molecule has 29 heavy (non-hydrogen) atoms. The van der Waals surface area contributed by atoms with Crippen LogP contribution < -0.4 is 0 Å². The van der Waals surface area contributed by atoms with Crippen molar-refractivity contribution in [3.63, 3.8) is 0 Å². The quantitative estimate of drug-likeness (QED) is 0.723. The van der Waals surface area contributed by atoms with Crippen molar-refractivity contribution in [2.24, 2.45) is 5.92 Å². The highest BCUT2D eigenvalue weighted by atomic mass is 16.2. The molecule has 0 N–H and O–H groups in total. The third-order valence-electron chi connectivity index (χ3n) is 7.65. The van der Waals surface area contributed by atoms with E-state index in [0.717, 1.165) is 64.1 Å². The number of tetrazole rings is 1. The molecule has 1 aromatic heterocycles. The first-order valence-electron chi connectivity index (χ1n) is 11.5. The summed E-state index contributed by atoms with van der Waals surface area (Å²) in [5, 5.41) is 12.9. The van der Waals surface area contributed by atoms with Crippen molar-refractivity contribution >= 4 is 5.91 Å². The van der Waals surface area contributed by atoms with E-state index in [1.165, 1.54) is 12.8 Å². The maximum Gasteiger partial charge on any atom is 0.222 e. The number of amides is 1. The summed E-state index contributed by atoms with van der Waals surface area (Å²) in [4.78, 5) is 19.9. The molecule has 8 nitrogen and oxygen atoms in total. The molecule has 0 radical (unpaired) electrons. The highest BCUT2D eigenvalue weighted by Crippen LogP contribution is 2.39. The molecule has 3 aliphatic rings. The fourth-order valence-corrected chi connectivity index (χ4v) is 5.53. The normalized spacial score (nSPS) is 27.4. The van der Waals surface area contributed by atoms with Crippen LogP contribution in [0.25, 0.3) is 0 Å². The standard InChI is InChI=1S/C21H37N7O/c1-4-26-12-9-17(10-13-26)15-19(29)27-14-11-21(16-27,25(2)3)20-22-23-24-28(20)18-7-5-6-8-18/h17-18H,4-16H2,1-3H3. The first kappa shape index (κ1) is 20.7. The summed E-state index contributed by atoms with van der Waals surface area (Å²) >= 11 is 0. The predicted molar refractivity (Wildman–Crippen MR) is 111 cm³/mol. The van der Waals surface area contributed by atoms with Gasteiger partial charge in [-0.3, -0.25) is 9.69 Å². The van der Waals surface area contributed by atoms with Gasteiger partial charge in [0.1, 0.15) is 5.54 Å². The Hall–Kier alpha value is -1.54. The zero-order chi connectivity index (χ0) is 20.4. The average molecular weight is 404 g/mol. The van der Waals surface area contributed by atoms with Crippen LogP contribution in [-0.4, -0.2) is 87.6 Å². The molecule has 1 atom stereocenters. The van der Waals surface area contributed by atoms with Gasteiger partial charge in [-0.25, -0.2) is 4.68 Å². The predicted octanol–water partition coefficient (Wildman–Crippen LogP) is 1.90. The van der Waals surface area contributed by atoms with E-state index >= 15 is 0 Å². The molecule has 1 saturated carbocycles. The van der Waals surface area contributed by atoms with Crippen LogP contribution in [0.15, 0.2) is 0 Å². The van der Waals surface area contributed by atoms with Crippen molar-refractivity contribution in [3.8, 4) is 0 Å². The Morgan fingerprint density at radius 2 is 1.86 bits per heavy atom. The van der Waals surface area contributed by atoms with Gasteiger partial charge in [0.2, 0.25) is 5.91 Å². The molecule has 1 amide bonds. The Kier molecular flexibility index (Phi) is 6.20. The molecule has 162 valence electrons. The van der Waals surface area contributed by atoms with Crippen LogP contribution in [0.3, 0.4) is 0 Å². The Balaban J connectivity index is 1.44. The average Bonchev–Trinajstić information content (AvgIpc) is 3.48. The van der Waals surface area contributed by atoms with E-state index in [1.54, 1.807) is 0 Å². The van der Waals surface area contributed by atoms with Gasteiger partial charge in [0.15, 0.2) is 5.82 Å². The zero-order valence-electron chi connectivity index (χ0n) is 18.4. The van der Waals surface area contributed by atoms with Gasteiger partial charge in [0.05, 0.1) is 6.04 Å². The summed E-state index contributed by atoms with van der Waals surface area (Å²) in [6.07, 6.45) is 8.68. The SMILES string of the molecule is CCN1CCC(CC(=O)N2CCC(c3nnnn3C3CCCC3)(N(C)C)C2)CC1. The lowest BCUT2D eigenvalue weighted by Gasteiger charge is -2.36. The smallest absolute Gasteiger partial charge is 0.222 e. The second-order valence-corrected chi connectivity index (χ2v) is 9.46. The molecule has 1 aliphatic carbocycles. The van der Waals surface area contributed by atoms with Gasteiger partial charge in [-0.05, 0) is 82.2 Å². The number of hydrogen-bond donors (Lipinski definition) is 0. The maximum atomic E-state index is 13.1. The molecule has 2 aliphatic heterocycles. The monoisotopic (exact) mass is 403 g/mol. The highest BCUT2D eigenvalue weighted by molar-refractivity contribution is 5.77. The van der Waals surface area contributed by atoms with E-state index in [9.17, 15) is 4.79 Å². The first-order chi connectivity index (χ1) is 14.0. The molecule has 0 aromatic carbocycles. The minimum Gasteiger partial charge on any atom is -0.340 e. The van der Waals surface area contributed by atoms with Crippen LogP contribution in [0.2, 0.25) is 0 Å². The third-order valence-corrected chi connectivity index (χ3v) is 7.65. The van der Waals surface area contributed by atoms with Crippen molar-refractivity contribution in [2.45, 2.75) is 69.9 Å². The number of hydrogen-bond acceptors (Lipinski definition) is 6. The van der Waals surface area contributed by atoms with Crippen LogP contribution in [0.4, 0.5) is 0 Å². The summed E-state index contributed by atoms with van der Waals surface area (Å²) in [5.74, 6) is 1.79. The van der Waals surface area contributed by atoms with Crippen molar-refractivity contribution < 1.29 is 4.79 Å². The van der Waals surface area contributed by atoms with Gasteiger partial charge in [-0.2, -0.15) is 0 Å². The lowest BCUT2D eigenvalue weighted by atomic mass is 9.93. The molecule has 3 heterocycles. The maximum absolute atomic E-state index is 13.1. The molecular weight excluding hydrogens is 366 g/mol. The minimum absolute atomic E-state index is 0.284. The van der Waals surface area contributed by atoms with E-state index in [2.05, 4.69) is 55.9 Å². The molecule has 2 saturated heterocycles. The topological polar surface area (TPSA) is 70.4 Å². The van der Waals surface area contributed by atoms with Gasteiger partial charge in [0.25, 0.3) is 0 Å². The van der Waals surface area contributed by atoms with Gasteiger partial charge in [0, 0.05) is 19.5 Å². The molecule has 8 heteroatoms. The van der Waals surface area contributed by atoms with Gasteiger partial charge in [-0.15, -0.1) is 5.10 Å². The molecule has 1 unspecified atom stereocenters. The summed E-state index contributed by atoms with van der Waals surface area (Å²) in [5.41, 5.74) is -0.284. The Bertz CT molecular complexity index is 691. The van der Waals surface area contributed by atoms with E-state index in [4.69, 9.17) is 0 Å². The third kappa shape index (κ3) is 4.06. The number of piperidine rings is 1.